The van der Waals surface area contributed by atoms with Crippen molar-refractivity contribution >= 4 is 5.91 Å². The van der Waals surface area contributed by atoms with E-state index < -0.39 is 0 Å². The molecule has 2 heterocycles. The number of nitrogens with one attached hydrogen (secondary N) is 1. The van der Waals surface area contributed by atoms with Crippen molar-refractivity contribution in [3.8, 4) is 0 Å². The summed E-state index contributed by atoms with van der Waals surface area (Å²) >= 11 is 0. The van der Waals surface area contributed by atoms with Gasteiger partial charge < -0.3 is 10.2 Å². The highest BCUT2D eigenvalue weighted by atomic mass is 16.2. The molecule has 1 N–H and O–H groups in total. The maximum absolute atomic E-state index is 12.3. The number of hydrogen-bond donors (Lipinski definition) is 1. The van der Waals surface area contributed by atoms with Crippen molar-refractivity contribution in [1.29, 1.82) is 0 Å². The average molecular weight is 237 g/mol. The second kappa shape index (κ2) is 4.94. The van der Waals surface area contributed by atoms with Crippen molar-refractivity contribution in [3.63, 3.8) is 0 Å². The number of carbonyl (C=O) groups is 1. The van der Waals surface area contributed by atoms with E-state index in [9.17, 15) is 4.79 Å². The summed E-state index contributed by atoms with van der Waals surface area (Å²) in [5.41, 5.74) is 0. The second-order valence-corrected chi connectivity index (χ2v) is 5.76. The van der Waals surface area contributed by atoms with Crippen LogP contribution in [0.1, 0.15) is 25.7 Å². The van der Waals surface area contributed by atoms with E-state index in [1.54, 1.807) is 0 Å². The molecule has 4 nitrogen and oxygen atoms in total. The summed E-state index contributed by atoms with van der Waals surface area (Å²) < 4.78 is 0. The number of rotatable bonds is 2. The minimum Gasteiger partial charge on any atom is -0.338 e. The van der Waals surface area contributed by atoms with Crippen LogP contribution in [0.25, 0.3) is 0 Å². The quantitative estimate of drug-likeness (QED) is 0.750. The van der Waals surface area contributed by atoms with Crippen molar-refractivity contribution in [1.82, 2.24) is 15.1 Å². The van der Waals surface area contributed by atoms with Crippen LogP contribution < -0.4 is 5.32 Å². The predicted molar refractivity (Wildman–Crippen MR) is 66.8 cm³/mol. The predicted octanol–water partition coefficient (Wildman–Crippen LogP) is 0.293. The van der Waals surface area contributed by atoms with Crippen molar-refractivity contribution in [3.05, 3.63) is 0 Å². The van der Waals surface area contributed by atoms with E-state index in [1.165, 1.54) is 25.7 Å². The van der Waals surface area contributed by atoms with Crippen LogP contribution in [0.5, 0.6) is 0 Å². The molecule has 0 spiro atoms. The zero-order chi connectivity index (χ0) is 11.7. The van der Waals surface area contributed by atoms with Gasteiger partial charge in [-0.1, -0.05) is 0 Å². The monoisotopic (exact) mass is 237 g/mol. The molecule has 2 saturated heterocycles. The Labute approximate surface area is 103 Å². The molecule has 1 amide bonds. The Hall–Kier alpha value is -0.610. The minimum atomic E-state index is 0.374. The van der Waals surface area contributed by atoms with Crippen molar-refractivity contribution < 1.29 is 4.79 Å². The Morgan fingerprint density at radius 3 is 2.94 bits per heavy atom. The zero-order valence-corrected chi connectivity index (χ0v) is 10.5. The first kappa shape index (κ1) is 11.5. The first-order chi connectivity index (χ1) is 8.33. The normalized spacial score (nSPS) is 34.0. The van der Waals surface area contributed by atoms with Crippen LogP contribution in [0.4, 0.5) is 0 Å². The SMILES string of the molecule is O=C(CN1CCCNCC1)N1CC2CCC1C2. The van der Waals surface area contributed by atoms with Gasteiger partial charge in [0.1, 0.15) is 0 Å². The van der Waals surface area contributed by atoms with E-state index in [2.05, 4.69) is 15.1 Å². The lowest BCUT2D eigenvalue weighted by Crippen LogP contribution is -2.44. The van der Waals surface area contributed by atoms with E-state index in [4.69, 9.17) is 0 Å². The fourth-order valence-electron chi connectivity index (χ4n) is 3.57. The number of fused-ring (bicyclic) bond motifs is 2. The molecule has 96 valence electrons. The van der Waals surface area contributed by atoms with Gasteiger partial charge in [0.2, 0.25) is 5.91 Å². The fourth-order valence-corrected chi connectivity index (χ4v) is 3.57. The van der Waals surface area contributed by atoms with Gasteiger partial charge in [-0.2, -0.15) is 0 Å². The van der Waals surface area contributed by atoms with Gasteiger partial charge in [0.15, 0.2) is 0 Å². The second-order valence-electron chi connectivity index (χ2n) is 5.76. The van der Waals surface area contributed by atoms with Gasteiger partial charge >= 0.3 is 0 Å². The molecule has 2 bridgehead atoms. The Morgan fingerprint density at radius 1 is 1.24 bits per heavy atom. The molecule has 3 fully saturated rings. The Bertz CT molecular complexity index is 286. The molecule has 17 heavy (non-hydrogen) atoms. The highest BCUT2D eigenvalue weighted by Gasteiger charge is 2.40. The molecule has 1 aliphatic carbocycles. The van der Waals surface area contributed by atoms with E-state index in [0.29, 0.717) is 18.5 Å². The third kappa shape index (κ3) is 2.47. The Kier molecular flexibility index (Phi) is 3.34. The number of hydrogen-bond acceptors (Lipinski definition) is 3. The minimum absolute atomic E-state index is 0.374. The van der Waals surface area contributed by atoms with Gasteiger partial charge in [-0.05, 0) is 44.7 Å². The lowest BCUT2D eigenvalue weighted by atomic mass is 10.1. The van der Waals surface area contributed by atoms with Crippen LogP contribution in [-0.4, -0.2) is 61.0 Å². The number of amides is 1. The van der Waals surface area contributed by atoms with Crippen LogP contribution in [0, 0.1) is 5.92 Å². The molecule has 3 rings (SSSR count). The van der Waals surface area contributed by atoms with Gasteiger partial charge in [-0.25, -0.2) is 0 Å². The molecule has 2 unspecified atom stereocenters. The summed E-state index contributed by atoms with van der Waals surface area (Å²) in [4.78, 5) is 16.8. The largest absolute Gasteiger partial charge is 0.338 e. The van der Waals surface area contributed by atoms with Crippen LogP contribution >= 0.6 is 0 Å². The maximum Gasteiger partial charge on any atom is 0.237 e. The van der Waals surface area contributed by atoms with E-state index in [1.807, 2.05) is 0 Å². The third-order valence-corrected chi connectivity index (χ3v) is 4.52. The van der Waals surface area contributed by atoms with Crippen molar-refractivity contribution in [2.45, 2.75) is 31.7 Å². The summed E-state index contributed by atoms with van der Waals surface area (Å²) in [5, 5.41) is 3.38. The molecular weight excluding hydrogens is 214 g/mol. The van der Waals surface area contributed by atoms with Crippen LogP contribution in [-0.2, 0) is 4.79 Å². The smallest absolute Gasteiger partial charge is 0.237 e. The van der Waals surface area contributed by atoms with E-state index >= 15 is 0 Å². The van der Waals surface area contributed by atoms with Crippen LogP contribution in [0.2, 0.25) is 0 Å². The summed E-state index contributed by atoms with van der Waals surface area (Å²) in [5.74, 6) is 1.19. The van der Waals surface area contributed by atoms with Gasteiger partial charge in [0, 0.05) is 25.7 Å². The molecule has 0 radical (unpaired) electrons. The first-order valence-corrected chi connectivity index (χ1v) is 7.05. The van der Waals surface area contributed by atoms with E-state index in [-0.39, 0.29) is 0 Å². The fraction of sp³-hybridized carbons (Fsp3) is 0.923. The van der Waals surface area contributed by atoms with Gasteiger partial charge in [-0.15, -0.1) is 0 Å². The summed E-state index contributed by atoms with van der Waals surface area (Å²) in [6, 6.07) is 0.581. The van der Waals surface area contributed by atoms with Crippen LogP contribution in [0.3, 0.4) is 0 Å². The summed E-state index contributed by atoms with van der Waals surface area (Å²) in [6.07, 6.45) is 5.03. The van der Waals surface area contributed by atoms with Crippen molar-refractivity contribution in [2.24, 2.45) is 5.92 Å². The Morgan fingerprint density at radius 2 is 2.18 bits per heavy atom. The lowest BCUT2D eigenvalue weighted by molar-refractivity contribution is -0.134. The Balaban J connectivity index is 1.52. The van der Waals surface area contributed by atoms with Gasteiger partial charge in [-0.3, -0.25) is 9.69 Å². The summed E-state index contributed by atoms with van der Waals surface area (Å²) in [6.45, 7) is 5.90. The first-order valence-electron chi connectivity index (χ1n) is 7.05. The number of piperidine rings is 1. The van der Waals surface area contributed by atoms with Gasteiger partial charge in [0.25, 0.3) is 0 Å². The molecule has 4 heteroatoms. The molecular formula is C13H23N3O. The summed E-state index contributed by atoms with van der Waals surface area (Å²) in [7, 11) is 0. The number of likely N-dealkylation sites (tertiary alicyclic amines) is 1. The van der Waals surface area contributed by atoms with Crippen molar-refractivity contribution in [2.75, 3.05) is 39.3 Å². The highest BCUT2D eigenvalue weighted by Crippen LogP contribution is 2.37. The molecule has 0 aromatic carbocycles. The topological polar surface area (TPSA) is 35.6 Å². The molecule has 1 saturated carbocycles. The zero-order valence-electron chi connectivity index (χ0n) is 10.5. The maximum atomic E-state index is 12.3. The molecule has 2 atom stereocenters. The highest BCUT2D eigenvalue weighted by molar-refractivity contribution is 5.79. The van der Waals surface area contributed by atoms with E-state index in [0.717, 1.165) is 38.6 Å². The van der Waals surface area contributed by atoms with Gasteiger partial charge in [0.05, 0.1) is 6.54 Å². The third-order valence-electron chi connectivity index (χ3n) is 4.52. The van der Waals surface area contributed by atoms with Crippen LogP contribution in [0.15, 0.2) is 0 Å². The number of carbonyl (C=O) groups excluding carboxylic acids is 1. The standard InChI is InChI=1S/C13H23N3O/c17-13(10-15-6-1-4-14-5-7-15)16-9-11-2-3-12(16)8-11/h11-12,14H,1-10H2. The molecule has 3 aliphatic rings. The molecule has 0 aromatic rings. The molecule has 0 aromatic heterocycles. The number of nitrogens with zero attached hydrogens (tertiary/aromatic N) is 2. The average Bonchev–Trinajstić information content (AvgIpc) is 2.87. The molecule has 2 aliphatic heterocycles. The lowest BCUT2D eigenvalue weighted by Gasteiger charge is -2.29.